The summed E-state index contributed by atoms with van der Waals surface area (Å²) in [6, 6.07) is 65.2. The fourth-order valence-electron chi connectivity index (χ4n) is 7.45. The zero-order chi connectivity index (χ0) is 29.8. The van der Waals surface area contributed by atoms with Gasteiger partial charge in [-0.15, -0.1) is 10.0 Å². The number of nitrogens with zero attached hydrogens (tertiary/aromatic N) is 1. The summed E-state index contributed by atoms with van der Waals surface area (Å²) in [5.74, 6) is 0. The number of benzene rings is 7. The molecule has 45 heavy (non-hydrogen) atoms. The third-order valence-electron chi connectivity index (χ3n) is 9.34. The Morgan fingerprint density at radius 1 is 0.422 bits per heavy atom. The molecular weight excluding hydrogens is 563 g/mol. The summed E-state index contributed by atoms with van der Waals surface area (Å²) in [6.45, 7) is 0. The van der Waals surface area contributed by atoms with Crippen LogP contribution in [0.15, 0.2) is 196 Å². The lowest BCUT2D eigenvalue weighted by Gasteiger charge is -2.43. The Morgan fingerprint density at radius 2 is 0.933 bits per heavy atom. The number of hydrogen-bond acceptors (Lipinski definition) is 0. The van der Waals surface area contributed by atoms with E-state index in [2.05, 4.69) is 180 Å². The van der Waals surface area contributed by atoms with Crippen LogP contribution in [-0.2, 0) is 6.42 Å². The first-order chi connectivity index (χ1) is 22.3. The molecule has 0 saturated carbocycles. The minimum absolute atomic E-state index is 0.926. The molecule has 0 aliphatic heterocycles. The molecule has 0 fully saturated rings. The van der Waals surface area contributed by atoms with Crippen LogP contribution in [0.3, 0.4) is 0 Å². The molecule has 0 amide bonds. The summed E-state index contributed by atoms with van der Waals surface area (Å²) >= 11 is 0. The maximum atomic E-state index is 2.43. The van der Waals surface area contributed by atoms with Gasteiger partial charge in [-0.3, -0.25) is 0 Å². The normalized spacial score (nSPS) is 12.7. The average molecular weight is 594 g/mol. The summed E-state index contributed by atoms with van der Waals surface area (Å²) in [4.78, 5) is 5.51. The van der Waals surface area contributed by atoms with Crippen molar-refractivity contribution in [2.75, 3.05) is 0 Å². The fourth-order valence-corrected chi connectivity index (χ4v) is 11.6. The number of rotatable bonds is 5. The molecule has 1 aromatic heterocycles. The summed E-state index contributed by atoms with van der Waals surface area (Å²) < 4.78 is 2.43. The molecule has 0 spiro atoms. The molecule has 1 heterocycles. The van der Waals surface area contributed by atoms with Crippen LogP contribution in [0.1, 0.15) is 11.1 Å². The number of aromatic nitrogens is 1. The Labute approximate surface area is 265 Å². The second kappa shape index (κ2) is 10.4. The third-order valence-corrected chi connectivity index (χ3v) is 13.3. The van der Waals surface area contributed by atoms with Gasteiger partial charge in [-0.05, 0) is 95.4 Å². The molecule has 0 radical (unpaired) electrons. The second-order valence-corrected chi connectivity index (χ2v) is 14.8. The van der Waals surface area contributed by atoms with E-state index in [9.17, 15) is 0 Å². The van der Waals surface area contributed by atoms with Gasteiger partial charge in [-0.1, -0.05) is 109 Å². The van der Waals surface area contributed by atoms with Crippen molar-refractivity contribution in [1.29, 1.82) is 0 Å². The molecule has 0 unspecified atom stereocenters. The predicted octanol–water partition coefficient (Wildman–Crippen LogP) is 11.7. The van der Waals surface area contributed by atoms with E-state index < -0.39 is 10.0 Å². The number of para-hydroxylation sites is 2. The molecule has 9 rings (SSSR count). The average Bonchev–Trinajstić information content (AvgIpc) is 3.66. The summed E-state index contributed by atoms with van der Waals surface area (Å²) in [5.41, 5.74) is 9.22. The van der Waals surface area contributed by atoms with E-state index in [1.165, 1.54) is 69.3 Å². The Kier molecular flexibility index (Phi) is 6.04. The zero-order valence-corrected chi connectivity index (χ0v) is 25.6. The van der Waals surface area contributed by atoms with Crippen LogP contribution >= 0.6 is 10.0 Å². The second-order valence-electron chi connectivity index (χ2n) is 11.7. The summed E-state index contributed by atoms with van der Waals surface area (Å²) in [5, 5.41) is 2.58. The van der Waals surface area contributed by atoms with E-state index in [1.54, 1.807) is 0 Å². The van der Waals surface area contributed by atoms with Gasteiger partial charge in [-0.2, -0.15) is 0 Å². The van der Waals surface area contributed by atoms with E-state index in [4.69, 9.17) is 0 Å². The lowest BCUT2D eigenvalue weighted by atomic mass is 10.1. The van der Waals surface area contributed by atoms with Crippen LogP contribution < -0.4 is 0 Å². The Morgan fingerprint density at radius 3 is 1.49 bits per heavy atom. The molecule has 8 aromatic rings. The summed E-state index contributed by atoms with van der Waals surface area (Å²) in [7, 11) is -1.77. The van der Waals surface area contributed by atoms with Crippen molar-refractivity contribution in [3.8, 4) is 16.8 Å². The SMILES string of the molecule is c1ccc(S(c2ccccc2)(c2ccccc2)c2cccc3c2Cc2ccc(-n4c5ccccc5c5ccccc54)cc2-3)cc1. The van der Waals surface area contributed by atoms with E-state index in [0.29, 0.717) is 0 Å². The van der Waals surface area contributed by atoms with Gasteiger partial charge in [0, 0.05) is 36.0 Å². The summed E-state index contributed by atoms with van der Waals surface area (Å²) in [6.07, 6.45) is 0.926. The molecule has 7 aromatic carbocycles. The topological polar surface area (TPSA) is 4.93 Å². The van der Waals surface area contributed by atoms with E-state index in [0.717, 1.165) is 6.42 Å². The van der Waals surface area contributed by atoms with Gasteiger partial charge < -0.3 is 4.57 Å². The van der Waals surface area contributed by atoms with E-state index in [-0.39, 0.29) is 0 Å². The first-order valence-electron chi connectivity index (χ1n) is 15.6. The highest BCUT2D eigenvalue weighted by Gasteiger charge is 2.37. The van der Waals surface area contributed by atoms with Gasteiger partial charge in [0.25, 0.3) is 0 Å². The van der Waals surface area contributed by atoms with E-state index in [1.807, 2.05) is 0 Å². The van der Waals surface area contributed by atoms with Crippen molar-refractivity contribution in [1.82, 2.24) is 4.57 Å². The van der Waals surface area contributed by atoms with Crippen molar-refractivity contribution in [2.24, 2.45) is 0 Å². The maximum absolute atomic E-state index is 2.43. The molecule has 1 aliphatic rings. The largest absolute Gasteiger partial charge is 0.309 e. The smallest absolute Gasteiger partial charge is 0.0541 e. The first-order valence-corrected chi connectivity index (χ1v) is 17.2. The molecule has 0 saturated heterocycles. The van der Waals surface area contributed by atoms with Gasteiger partial charge in [0.2, 0.25) is 0 Å². The number of fused-ring (bicyclic) bond motifs is 6. The minimum atomic E-state index is -1.77. The maximum Gasteiger partial charge on any atom is 0.0541 e. The Balaban J connectivity index is 1.30. The van der Waals surface area contributed by atoms with Crippen LogP contribution in [0, 0.1) is 0 Å². The Bertz CT molecular complexity index is 2190. The molecule has 214 valence electrons. The van der Waals surface area contributed by atoms with Crippen LogP contribution in [0.4, 0.5) is 0 Å². The van der Waals surface area contributed by atoms with Crippen LogP contribution in [0.5, 0.6) is 0 Å². The number of hydrogen-bond donors (Lipinski definition) is 0. The van der Waals surface area contributed by atoms with Gasteiger partial charge in [-0.25, -0.2) is 0 Å². The van der Waals surface area contributed by atoms with Crippen LogP contribution in [0.2, 0.25) is 0 Å². The molecular formula is C43H31NS. The quantitative estimate of drug-likeness (QED) is 0.187. The molecule has 2 heteroatoms. The third kappa shape index (κ3) is 3.89. The Hall–Kier alpha value is -5.31. The van der Waals surface area contributed by atoms with Crippen molar-refractivity contribution in [3.05, 3.63) is 187 Å². The molecule has 0 atom stereocenters. The van der Waals surface area contributed by atoms with Gasteiger partial charge in [0.05, 0.1) is 11.0 Å². The zero-order valence-electron chi connectivity index (χ0n) is 24.8. The highest BCUT2D eigenvalue weighted by molar-refractivity contribution is 8.34. The monoisotopic (exact) mass is 593 g/mol. The van der Waals surface area contributed by atoms with E-state index >= 15 is 0 Å². The van der Waals surface area contributed by atoms with Crippen molar-refractivity contribution < 1.29 is 0 Å². The molecule has 0 N–H and O–H groups in total. The predicted molar refractivity (Wildman–Crippen MR) is 189 cm³/mol. The molecule has 0 bridgehead atoms. The van der Waals surface area contributed by atoms with Crippen molar-refractivity contribution in [3.63, 3.8) is 0 Å². The standard InChI is InChI=1S/C43H31NS/c1-4-15-33(16-5-1)45(34-17-6-2-7-18-34,35-19-8-3-9-20-35)43-26-14-23-36-39-30-32(28-27-31(39)29-40(36)43)44-41-24-12-10-21-37(41)38-22-11-13-25-42(38)44/h1-28,30H,29H2. The molecule has 1 aliphatic carbocycles. The van der Waals surface area contributed by atoms with Crippen LogP contribution in [-0.4, -0.2) is 4.57 Å². The lowest BCUT2D eigenvalue weighted by molar-refractivity contribution is 1.14. The minimum Gasteiger partial charge on any atom is -0.309 e. The fraction of sp³-hybridized carbons (Fsp3) is 0.0233. The van der Waals surface area contributed by atoms with Gasteiger partial charge in [0.15, 0.2) is 0 Å². The highest BCUT2D eigenvalue weighted by atomic mass is 32.3. The van der Waals surface area contributed by atoms with Gasteiger partial charge >= 0.3 is 0 Å². The molecule has 1 nitrogen and oxygen atoms in total. The van der Waals surface area contributed by atoms with Crippen molar-refractivity contribution in [2.45, 2.75) is 26.0 Å². The van der Waals surface area contributed by atoms with Crippen molar-refractivity contribution >= 4 is 31.8 Å². The van der Waals surface area contributed by atoms with Crippen LogP contribution in [0.25, 0.3) is 38.6 Å². The van der Waals surface area contributed by atoms with Gasteiger partial charge in [0.1, 0.15) is 0 Å². The highest BCUT2D eigenvalue weighted by Crippen LogP contribution is 2.74. The first kappa shape index (κ1) is 26.1. The lowest BCUT2D eigenvalue weighted by Crippen LogP contribution is -2.07.